The quantitative estimate of drug-likeness (QED) is 0.855. The normalized spacial score (nSPS) is 11.9. The zero-order chi connectivity index (χ0) is 12.1. The Bertz CT molecular complexity index is 361. The van der Waals surface area contributed by atoms with Crippen molar-refractivity contribution in [3.05, 3.63) is 28.8 Å². The van der Waals surface area contributed by atoms with E-state index in [0.29, 0.717) is 10.8 Å². The van der Waals surface area contributed by atoms with Gasteiger partial charge in [-0.25, -0.2) is 4.79 Å². The molecule has 4 nitrogen and oxygen atoms in total. The topological polar surface area (TPSA) is 58.6 Å². The number of carboxylic acid groups (broad SMARTS) is 1. The van der Waals surface area contributed by atoms with Gasteiger partial charge < -0.3 is 15.2 Å². The van der Waals surface area contributed by atoms with E-state index in [9.17, 15) is 4.79 Å². The molecule has 2 N–H and O–H groups in total. The molecule has 16 heavy (non-hydrogen) atoms. The number of aryl methyl sites for hydroxylation is 1. The molecule has 1 atom stereocenters. The molecule has 1 amide bonds. The number of ether oxygens (including phenoxy) is 1. The van der Waals surface area contributed by atoms with Crippen molar-refractivity contribution >= 4 is 17.7 Å². The lowest BCUT2D eigenvalue weighted by Crippen LogP contribution is -2.35. The molecule has 1 rings (SSSR count). The third-order valence-corrected chi connectivity index (χ3v) is 2.31. The number of carbonyl (C=O) groups is 1. The third-order valence-electron chi connectivity index (χ3n) is 2.01. The molecule has 0 saturated heterocycles. The van der Waals surface area contributed by atoms with Crippen molar-refractivity contribution in [3.8, 4) is 5.75 Å². The van der Waals surface area contributed by atoms with E-state index in [0.717, 1.165) is 5.56 Å². The first kappa shape index (κ1) is 12.6. The van der Waals surface area contributed by atoms with Crippen LogP contribution in [0.4, 0.5) is 4.79 Å². The molecule has 0 radical (unpaired) electrons. The number of nitrogens with one attached hydrogen (secondary N) is 1. The first-order valence-corrected chi connectivity index (χ1v) is 5.26. The van der Waals surface area contributed by atoms with Crippen LogP contribution in [-0.4, -0.2) is 23.8 Å². The largest absolute Gasteiger partial charge is 0.490 e. The molecular formula is C11H14ClNO3. The first-order chi connectivity index (χ1) is 7.50. The average molecular weight is 244 g/mol. The number of para-hydroxylation sites is 1. The van der Waals surface area contributed by atoms with Crippen molar-refractivity contribution in [1.29, 1.82) is 0 Å². The summed E-state index contributed by atoms with van der Waals surface area (Å²) in [6, 6.07) is 5.17. The SMILES string of the molecule is Cc1cccc(Cl)c1OCC(C)NC(=O)O. The molecule has 0 aliphatic carbocycles. The van der Waals surface area contributed by atoms with Crippen LogP contribution in [0.5, 0.6) is 5.75 Å². The Morgan fingerprint density at radius 1 is 1.62 bits per heavy atom. The van der Waals surface area contributed by atoms with Gasteiger partial charge in [0.1, 0.15) is 12.4 Å². The van der Waals surface area contributed by atoms with Gasteiger partial charge in [-0.05, 0) is 25.5 Å². The number of hydrogen-bond donors (Lipinski definition) is 2. The Hall–Kier alpha value is -1.42. The Morgan fingerprint density at radius 3 is 2.88 bits per heavy atom. The van der Waals surface area contributed by atoms with Gasteiger partial charge in [0.05, 0.1) is 11.1 Å². The minimum absolute atomic E-state index is 0.247. The number of halogens is 1. The summed E-state index contributed by atoms with van der Waals surface area (Å²) in [4.78, 5) is 10.4. The van der Waals surface area contributed by atoms with E-state index in [4.69, 9.17) is 21.4 Å². The highest BCUT2D eigenvalue weighted by molar-refractivity contribution is 6.32. The molecule has 0 aromatic heterocycles. The van der Waals surface area contributed by atoms with Gasteiger partial charge in [0.2, 0.25) is 0 Å². The zero-order valence-electron chi connectivity index (χ0n) is 9.16. The Kier molecular flexibility index (Phi) is 4.43. The molecule has 1 unspecified atom stereocenters. The predicted octanol–water partition coefficient (Wildman–Crippen LogP) is 2.68. The molecule has 0 aliphatic heterocycles. The van der Waals surface area contributed by atoms with Gasteiger partial charge in [-0.15, -0.1) is 0 Å². The minimum Gasteiger partial charge on any atom is -0.490 e. The van der Waals surface area contributed by atoms with Gasteiger partial charge in [0, 0.05) is 0 Å². The van der Waals surface area contributed by atoms with Crippen LogP contribution in [0.2, 0.25) is 5.02 Å². The van der Waals surface area contributed by atoms with Crippen molar-refractivity contribution in [2.45, 2.75) is 19.9 Å². The van der Waals surface area contributed by atoms with E-state index in [-0.39, 0.29) is 12.6 Å². The van der Waals surface area contributed by atoms with Crippen molar-refractivity contribution in [1.82, 2.24) is 5.32 Å². The number of amides is 1. The Labute approximate surface area is 99.2 Å². The van der Waals surface area contributed by atoms with Crippen molar-refractivity contribution in [2.24, 2.45) is 0 Å². The first-order valence-electron chi connectivity index (χ1n) is 4.88. The van der Waals surface area contributed by atoms with E-state index in [1.54, 1.807) is 13.0 Å². The zero-order valence-corrected chi connectivity index (χ0v) is 9.91. The molecule has 0 heterocycles. The lowest BCUT2D eigenvalue weighted by Gasteiger charge is -2.15. The van der Waals surface area contributed by atoms with Gasteiger partial charge in [0.25, 0.3) is 0 Å². The summed E-state index contributed by atoms with van der Waals surface area (Å²) in [5.41, 5.74) is 0.926. The van der Waals surface area contributed by atoms with E-state index >= 15 is 0 Å². The molecule has 1 aromatic rings. The van der Waals surface area contributed by atoms with E-state index in [2.05, 4.69) is 5.32 Å². The van der Waals surface area contributed by atoms with Crippen LogP contribution in [0, 0.1) is 6.92 Å². The second-order valence-corrected chi connectivity index (χ2v) is 3.95. The summed E-state index contributed by atoms with van der Waals surface area (Å²) in [6.45, 7) is 3.85. The highest BCUT2D eigenvalue weighted by Gasteiger charge is 2.09. The fourth-order valence-corrected chi connectivity index (χ4v) is 1.54. The summed E-state index contributed by atoms with van der Waals surface area (Å²) >= 11 is 5.96. The Morgan fingerprint density at radius 2 is 2.31 bits per heavy atom. The monoisotopic (exact) mass is 243 g/mol. The molecule has 0 bridgehead atoms. The smallest absolute Gasteiger partial charge is 0.404 e. The standard InChI is InChI=1S/C11H14ClNO3/c1-7-4-3-5-9(12)10(7)16-6-8(2)13-11(14)15/h3-5,8,13H,6H2,1-2H3,(H,14,15). The maximum atomic E-state index is 10.4. The van der Waals surface area contributed by atoms with E-state index in [1.165, 1.54) is 0 Å². The molecule has 0 aliphatic rings. The molecular weight excluding hydrogens is 230 g/mol. The van der Waals surface area contributed by atoms with Crippen LogP contribution < -0.4 is 10.1 Å². The summed E-state index contributed by atoms with van der Waals surface area (Å²) in [7, 11) is 0. The van der Waals surface area contributed by atoms with Crippen molar-refractivity contribution in [3.63, 3.8) is 0 Å². The van der Waals surface area contributed by atoms with Gasteiger partial charge in [0.15, 0.2) is 0 Å². The second kappa shape index (κ2) is 5.61. The molecule has 0 saturated carbocycles. The van der Waals surface area contributed by atoms with E-state index in [1.807, 2.05) is 19.1 Å². The molecule has 5 heteroatoms. The lowest BCUT2D eigenvalue weighted by molar-refractivity contribution is 0.183. The van der Waals surface area contributed by atoms with Crippen LogP contribution in [-0.2, 0) is 0 Å². The van der Waals surface area contributed by atoms with Crippen molar-refractivity contribution < 1.29 is 14.6 Å². The maximum Gasteiger partial charge on any atom is 0.404 e. The highest BCUT2D eigenvalue weighted by atomic mass is 35.5. The lowest BCUT2D eigenvalue weighted by atomic mass is 10.2. The third kappa shape index (κ3) is 3.62. The highest BCUT2D eigenvalue weighted by Crippen LogP contribution is 2.27. The fourth-order valence-electron chi connectivity index (χ4n) is 1.26. The summed E-state index contributed by atoms with van der Waals surface area (Å²) in [5, 5.41) is 11.3. The van der Waals surface area contributed by atoms with Crippen LogP contribution in [0.25, 0.3) is 0 Å². The average Bonchev–Trinajstić information content (AvgIpc) is 2.15. The van der Waals surface area contributed by atoms with Crippen molar-refractivity contribution in [2.75, 3.05) is 6.61 Å². The number of hydrogen-bond acceptors (Lipinski definition) is 2. The molecule has 0 fully saturated rings. The van der Waals surface area contributed by atoms with Crippen LogP contribution in [0.1, 0.15) is 12.5 Å². The van der Waals surface area contributed by atoms with Crippen LogP contribution in [0.15, 0.2) is 18.2 Å². The summed E-state index contributed by atoms with van der Waals surface area (Å²) < 4.78 is 5.47. The summed E-state index contributed by atoms with van der Waals surface area (Å²) in [6.07, 6.45) is -1.06. The molecule has 88 valence electrons. The van der Waals surface area contributed by atoms with Crippen LogP contribution >= 0.6 is 11.6 Å². The Balaban J connectivity index is 2.57. The minimum atomic E-state index is -1.06. The number of rotatable bonds is 4. The summed E-state index contributed by atoms with van der Waals surface area (Å²) in [5.74, 6) is 0.600. The van der Waals surface area contributed by atoms with Gasteiger partial charge in [-0.3, -0.25) is 0 Å². The van der Waals surface area contributed by atoms with Gasteiger partial charge in [-0.1, -0.05) is 23.7 Å². The predicted molar refractivity (Wildman–Crippen MR) is 62.3 cm³/mol. The number of benzene rings is 1. The fraction of sp³-hybridized carbons (Fsp3) is 0.364. The van der Waals surface area contributed by atoms with Crippen LogP contribution in [0.3, 0.4) is 0 Å². The van der Waals surface area contributed by atoms with E-state index < -0.39 is 6.09 Å². The molecule has 0 spiro atoms. The van der Waals surface area contributed by atoms with Gasteiger partial charge in [-0.2, -0.15) is 0 Å². The van der Waals surface area contributed by atoms with Gasteiger partial charge >= 0.3 is 6.09 Å². The maximum absolute atomic E-state index is 10.4. The molecule has 1 aromatic carbocycles. The second-order valence-electron chi connectivity index (χ2n) is 3.55.